The van der Waals surface area contributed by atoms with Crippen molar-refractivity contribution in [3.63, 3.8) is 0 Å². The summed E-state index contributed by atoms with van der Waals surface area (Å²) in [5.41, 5.74) is 2.09. The van der Waals surface area contributed by atoms with Crippen LogP contribution in [-0.4, -0.2) is 7.11 Å². The van der Waals surface area contributed by atoms with Gasteiger partial charge in [-0.1, -0.05) is 34.1 Å². The van der Waals surface area contributed by atoms with E-state index in [0.717, 1.165) is 16.9 Å². The van der Waals surface area contributed by atoms with Crippen molar-refractivity contribution in [1.29, 1.82) is 0 Å². The maximum Gasteiger partial charge on any atom is 0.137 e. The highest BCUT2D eigenvalue weighted by Gasteiger charge is 2.12. The van der Waals surface area contributed by atoms with Crippen LogP contribution in [0.4, 0.5) is 4.39 Å². The molecular formula is C14H11Br2FO. The van der Waals surface area contributed by atoms with E-state index in [9.17, 15) is 4.39 Å². The number of hydrogen-bond donors (Lipinski definition) is 0. The normalized spacial score (nSPS) is 12.2. The van der Waals surface area contributed by atoms with Crippen LogP contribution in [-0.2, 0) is 0 Å². The number of alkyl halides is 1. The first kappa shape index (κ1) is 13.6. The molecule has 0 amide bonds. The third kappa shape index (κ3) is 2.93. The van der Waals surface area contributed by atoms with Crippen LogP contribution in [0.15, 0.2) is 46.9 Å². The zero-order valence-electron chi connectivity index (χ0n) is 9.66. The average molecular weight is 374 g/mol. The molecule has 0 aliphatic heterocycles. The van der Waals surface area contributed by atoms with Gasteiger partial charge in [-0.15, -0.1) is 0 Å². The Morgan fingerprint density at radius 3 is 2.22 bits per heavy atom. The Labute approximate surface area is 122 Å². The zero-order chi connectivity index (χ0) is 13.1. The summed E-state index contributed by atoms with van der Waals surface area (Å²) in [6.45, 7) is 0. The number of methoxy groups -OCH3 is 1. The van der Waals surface area contributed by atoms with E-state index in [4.69, 9.17) is 4.74 Å². The van der Waals surface area contributed by atoms with Crippen molar-refractivity contribution in [2.75, 3.05) is 7.11 Å². The highest BCUT2D eigenvalue weighted by atomic mass is 79.9. The molecule has 0 heterocycles. The van der Waals surface area contributed by atoms with Gasteiger partial charge in [0.1, 0.15) is 11.6 Å². The van der Waals surface area contributed by atoms with Crippen LogP contribution in [0.1, 0.15) is 16.0 Å². The van der Waals surface area contributed by atoms with Gasteiger partial charge in [0.2, 0.25) is 0 Å². The Balaban J connectivity index is 2.28. The fraction of sp³-hybridized carbons (Fsp3) is 0.143. The molecule has 1 atom stereocenters. The van der Waals surface area contributed by atoms with E-state index in [1.165, 1.54) is 6.07 Å². The molecule has 0 N–H and O–H groups in total. The highest BCUT2D eigenvalue weighted by Crippen LogP contribution is 2.33. The number of halogens is 3. The van der Waals surface area contributed by atoms with E-state index in [2.05, 4.69) is 31.9 Å². The Bertz CT molecular complexity index is 540. The van der Waals surface area contributed by atoms with Crippen LogP contribution in [0.2, 0.25) is 0 Å². The summed E-state index contributed by atoms with van der Waals surface area (Å²) in [4.78, 5) is 0.0281. The first-order valence-corrected chi connectivity index (χ1v) is 7.05. The highest BCUT2D eigenvalue weighted by molar-refractivity contribution is 9.10. The van der Waals surface area contributed by atoms with Gasteiger partial charge in [0, 0.05) is 0 Å². The lowest BCUT2D eigenvalue weighted by Crippen LogP contribution is -1.94. The summed E-state index contributed by atoms with van der Waals surface area (Å²) in [5, 5.41) is 0. The monoisotopic (exact) mass is 372 g/mol. The molecule has 1 unspecified atom stereocenters. The molecular weight excluding hydrogens is 363 g/mol. The van der Waals surface area contributed by atoms with Crippen molar-refractivity contribution < 1.29 is 9.13 Å². The smallest absolute Gasteiger partial charge is 0.137 e. The summed E-state index contributed by atoms with van der Waals surface area (Å²) in [7, 11) is 1.64. The molecule has 2 rings (SSSR count). The first-order valence-electron chi connectivity index (χ1n) is 5.35. The lowest BCUT2D eigenvalue weighted by Gasteiger charge is -2.12. The molecule has 0 saturated carbocycles. The number of benzene rings is 2. The molecule has 0 bridgehead atoms. The van der Waals surface area contributed by atoms with Crippen LogP contribution in [0.25, 0.3) is 0 Å². The van der Waals surface area contributed by atoms with Crippen molar-refractivity contribution in [2.45, 2.75) is 4.83 Å². The molecule has 1 nitrogen and oxygen atoms in total. The standard InChI is InChI=1S/C14H11Br2FO/c1-18-11-5-2-9(3-6-11)14(16)10-4-7-13(17)12(15)8-10/h2-8,14H,1H3. The van der Waals surface area contributed by atoms with Gasteiger partial charge in [0.25, 0.3) is 0 Å². The van der Waals surface area contributed by atoms with E-state index in [1.54, 1.807) is 19.2 Å². The Hall–Kier alpha value is -0.870. The zero-order valence-corrected chi connectivity index (χ0v) is 12.8. The lowest BCUT2D eigenvalue weighted by molar-refractivity contribution is 0.414. The topological polar surface area (TPSA) is 9.23 Å². The quantitative estimate of drug-likeness (QED) is 0.681. The van der Waals surface area contributed by atoms with Crippen molar-refractivity contribution in [3.05, 3.63) is 63.9 Å². The minimum absolute atomic E-state index is 0.0281. The largest absolute Gasteiger partial charge is 0.497 e. The summed E-state index contributed by atoms with van der Waals surface area (Å²) in [6, 6.07) is 12.8. The molecule has 4 heteroatoms. The first-order chi connectivity index (χ1) is 8.61. The van der Waals surface area contributed by atoms with Crippen LogP contribution in [0, 0.1) is 5.82 Å². The second-order valence-corrected chi connectivity index (χ2v) is 5.58. The van der Waals surface area contributed by atoms with E-state index < -0.39 is 0 Å². The van der Waals surface area contributed by atoms with Crippen LogP contribution < -0.4 is 4.74 Å². The van der Waals surface area contributed by atoms with Gasteiger partial charge in [-0.2, -0.15) is 0 Å². The second-order valence-electron chi connectivity index (χ2n) is 3.81. The van der Waals surface area contributed by atoms with Crippen LogP contribution in [0.3, 0.4) is 0 Å². The lowest BCUT2D eigenvalue weighted by atomic mass is 10.0. The van der Waals surface area contributed by atoms with Crippen LogP contribution in [0.5, 0.6) is 5.75 Å². The third-order valence-corrected chi connectivity index (χ3v) is 4.31. The Kier molecular flexibility index (Phi) is 4.40. The summed E-state index contributed by atoms with van der Waals surface area (Å²) in [6.07, 6.45) is 0. The van der Waals surface area contributed by atoms with E-state index >= 15 is 0 Å². The number of ether oxygens (including phenoxy) is 1. The van der Waals surface area contributed by atoms with Gasteiger partial charge >= 0.3 is 0 Å². The van der Waals surface area contributed by atoms with Gasteiger partial charge in [0.15, 0.2) is 0 Å². The molecule has 18 heavy (non-hydrogen) atoms. The van der Waals surface area contributed by atoms with Gasteiger partial charge in [-0.05, 0) is 51.3 Å². The predicted molar refractivity (Wildman–Crippen MR) is 77.9 cm³/mol. The second kappa shape index (κ2) is 5.85. The van der Waals surface area contributed by atoms with Crippen molar-refractivity contribution in [1.82, 2.24) is 0 Å². The molecule has 0 aliphatic rings. The van der Waals surface area contributed by atoms with Gasteiger partial charge in [-0.3, -0.25) is 0 Å². The van der Waals surface area contributed by atoms with Gasteiger partial charge < -0.3 is 4.74 Å². The van der Waals surface area contributed by atoms with E-state index in [-0.39, 0.29) is 10.6 Å². The van der Waals surface area contributed by atoms with E-state index in [1.807, 2.05) is 24.3 Å². The summed E-state index contributed by atoms with van der Waals surface area (Å²) in [5.74, 6) is 0.562. The molecule has 0 aromatic heterocycles. The number of rotatable bonds is 3. The SMILES string of the molecule is COc1ccc(C(Br)c2ccc(F)c(Br)c2)cc1. The molecule has 2 aromatic rings. The molecule has 0 saturated heterocycles. The molecule has 0 radical (unpaired) electrons. The summed E-state index contributed by atoms with van der Waals surface area (Å²) >= 11 is 6.81. The minimum atomic E-state index is -0.256. The number of hydrogen-bond acceptors (Lipinski definition) is 1. The van der Waals surface area contributed by atoms with Crippen molar-refractivity contribution in [3.8, 4) is 5.75 Å². The van der Waals surface area contributed by atoms with E-state index in [0.29, 0.717) is 4.47 Å². The molecule has 2 aromatic carbocycles. The maximum atomic E-state index is 13.2. The molecule has 0 spiro atoms. The average Bonchev–Trinajstić information content (AvgIpc) is 2.41. The third-order valence-electron chi connectivity index (χ3n) is 2.64. The minimum Gasteiger partial charge on any atom is -0.497 e. The fourth-order valence-corrected chi connectivity index (χ4v) is 2.62. The van der Waals surface area contributed by atoms with Crippen molar-refractivity contribution >= 4 is 31.9 Å². The fourth-order valence-electron chi connectivity index (χ4n) is 1.64. The van der Waals surface area contributed by atoms with Gasteiger partial charge in [0.05, 0.1) is 16.4 Å². The van der Waals surface area contributed by atoms with Crippen LogP contribution >= 0.6 is 31.9 Å². The Morgan fingerprint density at radius 2 is 1.67 bits per heavy atom. The predicted octanol–water partition coefficient (Wildman–Crippen LogP) is 5.08. The van der Waals surface area contributed by atoms with Gasteiger partial charge in [-0.25, -0.2) is 4.39 Å². The Morgan fingerprint density at radius 1 is 1.06 bits per heavy atom. The molecule has 0 aliphatic carbocycles. The summed E-state index contributed by atoms with van der Waals surface area (Å²) < 4.78 is 18.8. The van der Waals surface area contributed by atoms with Crippen molar-refractivity contribution in [2.24, 2.45) is 0 Å². The molecule has 94 valence electrons. The maximum absolute atomic E-state index is 13.2. The molecule has 0 fully saturated rings.